The zero-order valence-electron chi connectivity index (χ0n) is 9.91. The highest BCUT2D eigenvalue weighted by molar-refractivity contribution is 9.10. The van der Waals surface area contributed by atoms with Crippen molar-refractivity contribution in [1.29, 1.82) is 0 Å². The van der Waals surface area contributed by atoms with Gasteiger partial charge in [-0.1, -0.05) is 70.0 Å². The van der Waals surface area contributed by atoms with E-state index in [-0.39, 0.29) is 0 Å². The lowest BCUT2D eigenvalue weighted by atomic mass is 10.2. The Morgan fingerprint density at radius 3 is 2.42 bits per heavy atom. The van der Waals surface area contributed by atoms with Gasteiger partial charge < -0.3 is 0 Å². The minimum Gasteiger partial charge on any atom is -0.256 e. The predicted octanol–water partition coefficient (Wildman–Crippen LogP) is 6.15. The number of rotatable bonds is 3. The minimum atomic E-state index is 0.478. The largest absolute Gasteiger partial charge is 0.256 e. The number of halogens is 3. The maximum absolute atomic E-state index is 6.01. The first-order valence-electron chi connectivity index (χ1n) is 5.52. The highest BCUT2D eigenvalue weighted by Gasteiger charge is 2.04. The Balaban J connectivity index is 2.41. The lowest BCUT2D eigenvalue weighted by molar-refractivity contribution is 1.50. The van der Waals surface area contributed by atoms with E-state index in [4.69, 9.17) is 23.2 Å². The maximum Gasteiger partial charge on any atom is 0.0717 e. The summed E-state index contributed by atoms with van der Waals surface area (Å²) in [6.45, 7) is 3.75. The van der Waals surface area contributed by atoms with E-state index in [1.165, 1.54) is 0 Å². The molecule has 2 aromatic rings. The highest BCUT2D eigenvalue weighted by Crippen LogP contribution is 2.31. The lowest BCUT2D eigenvalue weighted by Gasteiger charge is -2.04. The Labute approximate surface area is 130 Å². The molecule has 2 aromatic carbocycles. The summed E-state index contributed by atoms with van der Waals surface area (Å²) in [6.07, 6.45) is 3.48. The van der Waals surface area contributed by atoms with Gasteiger partial charge in [-0.2, -0.15) is 0 Å². The second-order valence-corrected chi connectivity index (χ2v) is 5.48. The third-order valence-corrected chi connectivity index (χ3v) is 3.98. The van der Waals surface area contributed by atoms with Crippen molar-refractivity contribution in [3.05, 3.63) is 68.6 Å². The Morgan fingerprint density at radius 1 is 1.05 bits per heavy atom. The molecule has 0 N–H and O–H groups in total. The first-order valence-corrected chi connectivity index (χ1v) is 7.07. The summed E-state index contributed by atoms with van der Waals surface area (Å²) in [7, 11) is 0. The summed E-state index contributed by atoms with van der Waals surface area (Å²) in [5.74, 6) is 0. The van der Waals surface area contributed by atoms with Gasteiger partial charge in [0.2, 0.25) is 0 Å². The Bertz CT molecular complexity index is 651. The van der Waals surface area contributed by atoms with Crippen LogP contribution in [0.2, 0.25) is 10.0 Å². The third kappa shape index (κ3) is 3.47. The maximum atomic E-state index is 6.01. The number of benzene rings is 2. The van der Waals surface area contributed by atoms with Crippen molar-refractivity contribution in [1.82, 2.24) is 0 Å². The average Bonchev–Trinajstić information content (AvgIpc) is 2.41. The fourth-order valence-electron chi connectivity index (χ4n) is 1.55. The van der Waals surface area contributed by atoms with E-state index in [0.717, 1.165) is 21.3 Å². The molecule has 0 heterocycles. The molecule has 0 fully saturated rings. The van der Waals surface area contributed by atoms with Gasteiger partial charge in [0.1, 0.15) is 0 Å². The van der Waals surface area contributed by atoms with Crippen LogP contribution >= 0.6 is 39.1 Å². The molecule has 0 saturated carbocycles. The van der Waals surface area contributed by atoms with Gasteiger partial charge in [0.05, 0.1) is 15.7 Å². The topological polar surface area (TPSA) is 12.4 Å². The van der Waals surface area contributed by atoms with Crippen LogP contribution in [0.4, 0.5) is 5.69 Å². The molecule has 2 rings (SSSR count). The van der Waals surface area contributed by atoms with Gasteiger partial charge in [-0.05, 0) is 18.2 Å². The summed E-state index contributed by atoms with van der Waals surface area (Å²) >= 11 is 15.4. The zero-order valence-corrected chi connectivity index (χ0v) is 13.0. The van der Waals surface area contributed by atoms with Crippen LogP contribution in [-0.2, 0) is 0 Å². The number of nitrogens with zero attached hydrogens (tertiary/aromatic N) is 1. The average molecular weight is 355 g/mol. The van der Waals surface area contributed by atoms with Crippen LogP contribution in [0.5, 0.6) is 0 Å². The SMILES string of the molecule is C=Cc1cc(Cl)c(Cl)cc1N=Cc1ccccc1Br. The molecular weight excluding hydrogens is 345 g/mol. The van der Waals surface area contributed by atoms with Crippen LogP contribution in [0.1, 0.15) is 11.1 Å². The van der Waals surface area contributed by atoms with E-state index in [2.05, 4.69) is 27.5 Å². The van der Waals surface area contributed by atoms with Gasteiger partial charge in [-0.3, -0.25) is 4.99 Å². The van der Waals surface area contributed by atoms with E-state index >= 15 is 0 Å². The molecule has 0 aliphatic carbocycles. The standard InChI is InChI=1S/C15H10BrCl2N/c1-2-10-7-13(17)14(18)8-15(10)19-9-11-5-3-4-6-12(11)16/h2-9H,1H2. The quantitative estimate of drug-likeness (QED) is 0.586. The Morgan fingerprint density at radius 2 is 1.74 bits per heavy atom. The molecule has 0 atom stereocenters. The second-order valence-electron chi connectivity index (χ2n) is 3.81. The van der Waals surface area contributed by atoms with Crippen LogP contribution in [0, 0.1) is 0 Å². The van der Waals surface area contributed by atoms with Gasteiger partial charge in [-0.15, -0.1) is 0 Å². The molecule has 0 radical (unpaired) electrons. The number of hydrogen-bond acceptors (Lipinski definition) is 1. The predicted molar refractivity (Wildman–Crippen MR) is 87.9 cm³/mol. The van der Waals surface area contributed by atoms with Gasteiger partial charge in [0, 0.05) is 21.8 Å². The van der Waals surface area contributed by atoms with Gasteiger partial charge in [0.25, 0.3) is 0 Å². The smallest absolute Gasteiger partial charge is 0.0717 e. The van der Waals surface area contributed by atoms with Crippen molar-refractivity contribution in [3.8, 4) is 0 Å². The normalized spacial score (nSPS) is 10.9. The van der Waals surface area contributed by atoms with Gasteiger partial charge in [-0.25, -0.2) is 0 Å². The second kappa shape index (κ2) is 6.38. The molecule has 0 bridgehead atoms. The molecule has 0 saturated heterocycles. The van der Waals surface area contributed by atoms with Crippen LogP contribution in [0.25, 0.3) is 6.08 Å². The van der Waals surface area contributed by atoms with Crippen molar-refractivity contribution in [2.75, 3.05) is 0 Å². The van der Waals surface area contributed by atoms with Gasteiger partial charge >= 0.3 is 0 Å². The summed E-state index contributed by atoms with van der Waals surface area (Å²) in [6, 6.07) is 11.3. The van der Waals surface area contributed by atoms with Crippen LogP contribution in [0.3, 0.4) is 0 Å². The van der Waals surface area contributed by atoms with Crippen molar-refractivity contribution in [3.63, 3.8) is 0 Å². The molecule has 0 aliphatic heterocycles. The summed E-state index contributed by atoms with van der Waals surface area (Å²) in [4.78, 5) is 4.44. The number of hydrogen-bond donors (Lipinski definition) is 0. The molecular formula is C15H10BrCl2N. The fourth-order valence-corrected chi connectivity index (χ4v) is 2.26. The molecule has 0 spiro atoms. The van der Waals surface area contributed by atoms with E-state index in [1.54, 1.807) is 24.4 Å². The lowest BCUT2D eigenvalue weighted by Crippen LogP contribution is -1.83. The first-order chi connectivity index (χ1) is 9.11. The molecule has 1 nitrogen and oxygen atoms in total. The monoisotopic (exact) mass is 353 g/mol. The van der Waals surface area contributed by atoms with Crippen molar-refractivity contribution < 1.29 is 0 Å². The third-order valence-electron chi connectivity index (χ3n) is 2.54. The Hall–Kier alpha value is -1.09. The van der Waals surface area contributed by atoms with E-state index in [0.29, 0.717) is 10.0 Å². The summed E-state index contributed by atoms with van der Waals surface area (Å²) in [5.41, 5.74) is 2.57. The summed E-state index contributed by atoms with van der Waals surface area (Å²) < 4.78 is 0.985. The minimum absolute atomic E-state index is 0.478. The van der Waals surface area contributed by atoms with Crippen LogP contribution < -0.4 is 0 Å². The number of aliphatic imine (C=N–C) groups is 1. The highest BCUT2D eigenvalue weighted by atomic mass is 79.9. The van der Waals surface area contributed by atoms with E-state index in [9.17, 15) is 0 Å². The molecule has 96 valence electrons. The van der Waals surface area contributed by atoms with Gasteiger partial charge in [0.15, 0.2) is 0 Å². The van der Waals surface area contributed by atoms with Crippen molar-refractivity contribution in [2.45, 2.75) is 0 Å². The summed E-state index contributed by atoms with van der Waals surface area (Å²) in [5, 5.41) is 0.975. The van der Waals surface area contributed by atoms with E-state index in [1.807, 2.05) is 24.3 Å². The van der Waals surface area contributed by atoms with Crippen molar-refractivity contribution >= 4 is 57.1 Å². The van der Waals surface area contributed by atoms with Crippen LogP contribution in [-0.4, -0.2) is 6.21 Å². The fraction of sp³-hybridized carbons (Fsp3) is 0. The molecule has 0 aliphatic rings. The van der Waals surface area contributed by atoms with Crippen LogP contribution in [0.15, 0.2) is 52.4 Å². The molecule has 19 heavy (non-hydrogen) atoms. The molecule has 0 amide bonds. The molecule has 4 heteroatoms. The zero-order chi connectivity index (χ0) is 13.8. The van der Waals surface area contributed by atoms with E-state index < -0.39 is 0 Å². The molecule has 0 unspecified atom stereocenters. The van der Waals surface area contributed by atoms with Crippen molar-refractivity contribution in [2.24, 2.45) is 4.99 Å². The molecule has 0 aromatic heterocycles. The first kappa shape index (κ1) is 14.3. The Kier molecular flexibility index (Phi) is 4.81.